The standard InChI is InChI=1S/C23H19N3O2/c24-22-26-23(13-27-22)18-10-15(14-3-4-14)5-7-20(18)28-21-8-6-16(11-19(21)23)17-2-1-9-25-12-17/h1-2,5-12,14H,3-4,13H2,(H2,24,26)/t23-/m1/s1. The minimum atomic E-state index is -0.671. The predicted molar refractivity (Wildman–Crippen MR) is 107 cm³/mol. The van der Waals surface area contributed by atoms with E-state index in [0.717, 1.165) is 33.8 Å². The molecule has 28 heavy (non-hydrogen) atoms. The van der Waals surface area contributed by atoms with Gasteiger partial charge in [-0.1, -0.05) is 18.2 Å². The highest BCUT2D eigenvalue weighted by Crippen LogP contribution is 2.53. The lowest BCUT2D eigenvalue weighted by molar-refractivity contribution is 0.264. The summed E-state index contributed by atoms with van der Waals surface area (Å²) < 4.78 is 11.9. The number of nitrogens with two attached hydrogens (primary N) is 1. The lowest BCUT2D eigenvalue weighted by Gasteiger charge is -2.34. The van der Waals surface area contributed by atoms with Gasteiger partial charge in [-0.25, -0.2) is 4.99 Å². The van der Waals surface area contributed by atoms with Crippen molar-refractivity contribution in [3.8, 4) is 22.6 Å². The maximum atomic E-state index is 6.26. The maximum absolute atomic E-state index is 6.26. The van der Waals surface area contributed by atoms with Crippen LogP contribution in [0.2, 0.25) is 0 Å². The zero-order valence-electron chi connectivity index (χ0n) is 15.3. The SMILES string of the molecule is NC1=N[C@@]2(CO1)c1cc(-c3cccnc3)ccc1Oc1ccc(C3CC3)cc12. The van der Waals surface area contributed by atoms with Crippen molar-refractivity contribution in [3.63, 3.8) is 0 Å². The Morgan fingerprint density at radius 1 is 0.964 bits per heavy atom. The Morgan fingerprint density at radius 3 is 2.50 bits per heavy atom. The Balaban J connectivity index is 1.57. The Morgan fingerprint density at radius 2 is 1.79 bits per heavy atom. The first-order valence-electron chi connectivity index (χ1n) is 9.58. The fourth-order valence-corrected chi connectivity index (χ4v) is 4.26. The highest BCUT2D eigenvalue weighted by Gasteiger charge is 2.47. The van der Waals surface area contributed by atoms with Crippen LogP contribution in [0.15, 0.2) is 65.9 Å². The van der Waals surface area contributed by atoms with Crippen LogP contribution in [0.4, 0.5) is 0 Å². The largest absolute Gasteiger partial charge is 0.462 e. The second-order valence-corrected chi connectivity index (χ2v) is 7.68. The molecule has 1 fully saturated rings. The van der Waals surface area contributed by atoms with Crippen molar-refractivity contribution in [2.75, 3.05) is 6.61 Å². The van der Waals surface area contributed by atoms with Gasteiger partial charge in [-0.3, -0.25) is 4.98 Å². The molecule has 3 heterocycles. The molecule has 6 rings (SSSR count). The predicted octanol–water partition coefficient (Wildman–Crippen LogP) is 4.32. The topological polar surface area (TPSA) is 69.7 Å². The van der Waals surface area contributed by atoms with Gasteiger partial charge in [-0.05, 0) is 60.2 Å². The van der Waals surface area contributed by atoms with E-state index >= 15 is 0 Å². The molecule has 1 aliphatic carbocycles. The average molecular weight is 369 g/mol. The number of fused-ring (bicyclic) bond motifs is 4. The van der Waals surface area contributed by atoms with E-state index in [4.69, 9.17) is 20.2 Å². The summed E-state index contributed by atoms with van der Waals surface area (Å²) in [5.74, 6) is 2.27. The van der Waals surface area contributed by atoms with Gasteiger partial charge in [0.25, 0.3) is 6.02 Å². The number of aromatic nitrogens is 1. The van der Waals surface area contributed by atoms with Crippen LogP contribution in [0.25, 0.3) is 11.1 Å². The normalized spacial score (nSPS) is 22.1. The van der Waals surface area contributed by atoms with E-state index in [-0.39, 0.29) is 6.02 Å². The van der Waals surface area contributed by atoms with E-state index in [1.807, 2.05) is 24.4 Å². The molecule has 3 aliphatic rings. The third-order valence-corrected chi connectivity index (χ3v) is 5.87. The van der Waals surface area contributed by atoms with Crippen molar-refractivity contribution < 1.29 is 9.47 Å². The summed E-state index contributed by atoms with van der Waals surface area (Å²) in [5.41, 5.74) is 10.8. The average Bonchev–Trinajstić information content (AvgIpc) is 3.51. The van der Waals surface area contributed by atoms with E-state index < -0.39 is 5.54 Å². The summed E-state index contributed by atoms with van der Waals surface area (Å²) >= 11 is 0. The number of aliphatic imine (C=N–C) groups is 1. The van der Waals surface area contributed by atoms with Crippen LogP contribution in [-0.4, -0.2) is 17.6 Å². The van der Waals surface area contributed by atoms with Gasteiger partial charge >= 0.3 is 0 Å². The van der Waals surface area contributed by atoms with E-state index in [1.165, 1.54) is 18.4 Å². The van der Waals surface area contributed by atoms with Crippen molar-refractivity contribution >= 4 is 6.02 Å². The van der Waals surface area contributed by atoms with Crippen molar-refractivity contribution in [2.24, 2.45) is 10.7 Å². The summed E-state index contributed by atoms with van der Waals surface area (Å²) in [6, 6.07) is 16.9. The fraction of sp³-hybridized carbons (Fsp3) is 0.217. The van der Waals surface area contributed by atoms with Crippen LogP contribution in [-0.2, 0) is 10.3 Å². The highest BCUT2D eigenvalue weighted by atomic mass is 16.5. The number of amidine groups is 1. The van der Waals surface area contributed by atoms with Crippen LogP contribution in [0.5, 0.6) is 11.5 Å². The molecule has 2 aliphatic heterocycles. The molecule has 0 saturated heterocycles. The molecule has 2 N–H and O–H groups in total. The molecule has 2 aromatic carbocycles. The molecule has 1 saturated carbocycles. The molecule has 138 valence electrons. The van der Waals surface area contributed by atoms with Gasteiger partial charge in [0, 0.05) is 29.1 Å². The summed E-state index contributed by atoms with van der Waals surface area (Å²) in [6.45, 7) is 0.382. The summed E-state index contributed by atoms with van der Waals surface area (Å²) in [7, 11) is 0. The van der Waals surface area contributed by atoms with Crippen molar-refractivity contribution in [2.45, 2.75) is 24.3 Å². The molecular weight excluding hydrogens is 350 g/mol. The van der Waals surface area contributed by atoms with Crippen LogP contribution < -0.4 is 10.5 Å². The summed E-state index contributed by atoms with van der Waals surface area (Å²) in [5, 5.41) is 0. The van der Waals surface area contributed by atoms with Crippen LogP contribution in [0.1, 0.15) is 35.4 Å². The smallest absolute Gasteiger partial charge is 0.283 e. The van der Waals surface area contributed by atoms with Crippen LogP contribution in [0.3, 0.4) is 0 Å². The molecule has 0 amide bonds. The molecule has 5 nitrogen and oxygen atoms in total. The van der Waals surface area contributed by atoms with Crippen molar-refractivity contribution in [1.29, 1.82) is 0 Å². The summed E-state index contributed by atoms with van der Waals surface area (Å²) in [6.07, 6.45) is 6.13. The molecular formula is C23H19N3O2. The second-order valence-electron chi connectivity index (χ2n) is 7.68. The van der Waals surface area contributed by atoms with Crippen LogP contribution >= 0.6 is 0 Å². The molecule has 0 unspecified atom stereocenters. The molecule has 0 bridgehead atoms. The number of hydrogen-bond acceptors (Lipinski definition) is 5. The minimum absolute atomic E-state index is 0.224. The Labute approximate surface area is 162 Å². The van der Waals surface area contributed by atoms with E-state index in [9.17, 15) is 0 Å². The van der Waals surface area contributed by atoms with Gasteiger partial charge in [-0.2, -0.15) is 0 Å². The minimum Gasteiger partial charge on any atom is -0.462 e. The van der Waals surface area contributed by atoms with Gasteiger partial charge in [0.15, 0.2) is 5.54 Å². The zero-order chi connectivity index (χ0) is 18.7. The quantitative estimate of drug-likeness (QED) is 0.730. The summed E-state index contributed by atoms with van der Waals surface area (Å²) in [4.78, 5) is 9.04. The number of benzene rings is 2. The number of rotatable bonds is 2. The first kappa shape index (κ1) is 15.7. The van der Waals surface area contributed by atoms with Gasteiger partial charge in [-0.15, -0.1) is 0 Å². The van der Waals surface area contributed by atoms with Gasteiger partial charge in [0.05, 0.1) is 0 Å². The van der Waals surface area contributed by atoms with Gasteiger partial charge in [0.2, 0.25) is 0 Å². The maximum Gasteiger partial charge on any atom is 0.283 e. The molecule has 0 radical (unpaired) electrons. The van der Waals surface area contributed by atoms with E-state index in [2.05, 4.69) is 35.3 Å². The van der Waals surface area contributed by atoms with Crippen LogP contribution in [0, 0.1) is 0 Å². The van der Waals surface area contributed by atoms with Crippen molar-refractivity contribution in [1.82, 2.24) is 4.98 Å². The molecule has 1 spiro atoms. The number of ether oxygens (including phenoxy) is 2. The van der Waals surface area contributed by atoms with Crippen molar-refractivity contribution in [3.05, 3.63) is 77.6 Å². The van der Waals surface area contributed by atoms with E-state index in [0.29, 0.717) is 12.5 Å². The molecule has 5 heteroatoms. The third-order valence-electron chi connectivity index (χ3n) is 5.87. The zero-order valence-corrected chi connectivity index (χ0v) is 15.3. The van der Waals surface area contributed by atoms with E-state index in [1.54, 1.807) is 6.20 Å². The first-order valence-corrected chi connectivity index (χ1v) is 9.58. The van der Waals surface area contributed by atoms with Gasteiger partial charge in [0.1, 0.15) is 18.1 Å². The number of nitrogens with zero attached hydrogens (tertiary/aromatic N) is 2. The Kier molecular flexibility index (Phi) is 3.13. The third kappa shape index (κ3) is 2.26. The monoisotopic (exact) mass is 369 g/mol. The molecule has 1 atom stereocenters. The Bertz CT molecular complexity index is 1120. The number of hydrogen-bond donors (Lipinski definition) is 1. The lowest BCUT2D eigenvalue weighted by atomic mass is 9.79. The molecule has 3 aromatic rings. The fourth-order valence-electron chi connectivity index (χ4n) is 4.26. The number of pyridine rings is 1. The Hall–Kier alpha value is -3.34. The molecule has 1 aromatic heterocycles. The first-order chi connectivity index (χ1) is 13.7. The lowest BCUT2D eigenvalue weighted by Crippen LogP contribution is -2.31. The highest BCUT2D eigenvalue weighted by molar-refractivity contribution is 5.78. The van der Waals surface area contributed by atoms with Gasteiger partial charge < -0.3 is 15.2 Å². The second kappa shape index (κ2) is 5.58.